The Bertz CT molecular complexity index is 3120. The molecule has 0 aliphatic carbocycles. The Morgan fingerprint density at radius 1 is 0.550 bits per heavy atom. The monoisotopic (exact) mass is 777 g/mol. The number of hydrogen-bond donors (Lipinski definition) is 0. The molecule has 0 spiro atoms. The van der Waals surface area contributed by atoms with Crippen LogP contribution in [0.4, 0.5) is 0 Å². The molecule has 2 atom stereocenters. The first-order chi connectivity index (χ1) is 29.3. The second-order valence-corrected chi connectivity index (χ2v) is 18.0. The van der Waals surface area contributed by atoms with Crippen LogP contribution in [-0.2, 0) is 16.4 Å². The van der Waals surface area contributed by atoms with E-state index in [0.717, 1.165) is 25.7 Å². The van der Waals surface area contributed by atoms with E-state index in [1.807, 2.05) is 0 Å². The Balaban J connectivity index is 1.28. The van der Waals surface area contributed by atoms with E-state index in [1.54, 1.807) is 0 Å². The molecule has 0 saturated carbocycles. The van der Waals surface area contributed by atoms with E-state index in [0.29, 0.717) is 0 Å². The summed E-state index contributed by atoms with van der Waals surface area (Å²) >= 11 is 0. The summed E-state index contributed by atoms with van der Waals surface area (Å²) in [4.78, 5) is 0. The first kappa shape index (κ1) is 36.8. The van der Waals surface area contributed by atoms with Crippen molar-refractivity contribution < 1.29 is 4.57 Å². The maximum absolute atomic E-state index is 2.71. The van der Waals surface area contributed by atoms with Gasteiger partial charge in [0, 0.05) is 29.7 Å². The highest BCUT2D eigenvalue weighted by Gasteiger charge is 2.59. The van der Waals surface area contributed by atoms with Crippen LogP contribution >= 0.6 is 0 Å². The highest BCUT2D eigenvalue weighted by molar-refractivity contribution is 6.13. The lowest BCUT2D eigenvalue weighted by Crippen LogP contribution is -2.69. The second kappa shape index (κ2) is 13.4. The standard InChI is InChI=1S/C58H53N2/c1-7-33-57(9-3)56(6,8-2)49-31-26-41(35-48(49)54-45-17-11-10-16-40(45)32-34-59(54)57)42-36-47-46-18-12-14-20-52(46)60-53-21-15-13-19-50(53)58(51(37-42)55(47)60,43-27-22-38(4)23-28-43)44-29-24-39(5)25-30-44/h10-32,34-37H,7-9,33H2,1-6H3/q+1. The van der Waals surface area contributed by atoms with Crippen molar-refractivity contribution in [2.24, 2.45) is 0 Å². The van der Waals surface area contributed by atoms with Gasteiger partial charge in [-0.25, -0.2) is 0 Å². The molecule has 7 aromatic carbocycles. The van der Waals surface area contributed by atoms with Gasteiger partial charge in [-0.15, -0.1) is 0 Å². The first-order valence-electron chi connectivity index (χ1n) is 22.2. The van der Waals surface area contributed by atoms with E-state index in [4.69, 9.17) is 0 Å². The number of aryl methyl sites for hydroxylation is 2. The Labute approximate surface area is 354 Å². The summed E-state index contributed by atoms with van der Waals surface area (Å²) in [6, 6.07) is 60.8. The summed E-state index contributed by atoms with van der Waals surface area (Å²) in [5.41, 5.74) is 17.5. The molecule has 2 heteroatoms. The third kappa shape index (κ3) is 4.74. The highest BCUT2D eigenvalue weighted by atomic mass is 15.1. The van der Waals surface area contributed by atoms with E-state index in [9.17, 15) is 0 Å². The summed E-state index contributed by atoms with van der Waals surface area (Å²) in [7, 11) is 0. The molecule has 0 N–H and O–H groups in total. The predicted molar refractivity (Wildman–Crippen MR) is 252 cm³/mol. The van der Waals surface area contributed by atoms with Crippen LogP contribution in [0.15, 0.2) is 164 Å². The van der Waals surface area contributed by atoms with Gasteiger partial charge >= 0.3 is 0 Å². The number of nitrogens with zero attached hydrogens (tertiary/aromatic N) is 2. The van der Waals surface area contributed by atoms with Crippen molar-refractivity contribution in [2.45, 2.75) is 83.6 Å². The normalized spacial score (nSPS) is 18.7. The van der Waals surface area contributed by atoms with E-state index in [-0.39, 0.29) is 11.0 Å². The maximum Gasteiger partial charge on any atom is 0.221 e. The largest absolute Gasteiger partial charge is 0.309 e. The summed E-state index contributed by atoms with van der Waals surface area (Å²) in [6.07, 6.45) is 6.83. The van der Waals surface area contributed by atoms with Crippen LogP contribution in [0, 0.1) is 13.8 Å². The molecule has 4 heterocycles. The van der Waals surface area contributed by atoms with E-state index in [1.165, 1.54) is 99.6 Å². The van der Waals surface area contributed by atoms with Gasteiger partial charge in [0.1, 0.15) is 0 Å². The SMILES string of the molecule is CCCC1(CC)[n+]2ccc3ccccc3c2-c2cc(-c3cc4c5c(c3)c3ccccc3n5-c3ccccc3C4(c3ccc(C)cc3)c3ccc(C)cc3)ccc2C1(C)CC. The minimum absolute atomic E-state index is 0.0373. The van der Waals surface area contributed by atoms with Crippen molar-refractivity contribution in [3.05, 3.63) is 203 Å². The van der Waals surface area contributed by atoms with Crippen molar-refractivity contribution >= 4 is 32.6 Å². The topological polar surface area (TPSA) is 8.81 Å². The van der Waals surface area contributed by atoms with Crippen LogP contribution in [0.5, 0.6) is 0 Å². The molecule has 2 aliphatic heterocycles. The smallest absolute Gasteiger partial charge is 0.221 e. The summed E-state index contributed by atoms with van der Waals surface area (Å²) in [5, 5.41) is 5.19. The van der Waals surface area contributed by atoms with Crippen LogP contribution in [0.2, 0.25) is 0 Å². The zero-order chi connectivity index (χ0) is 41.0. The van der Waals surface area contributed by atoms with Crippen molar-refractivity contribution in [2.75, 3.05) is 0 Å². The molecule has 0 amide bonds. The van der Waals surface area contributed by atoms with Crippen LogP contribution in [0.3, 0.4) is 0 Å². The lowest BCUT2D eigenvalue weighted by molar-refractivity contribution is -0.769. The maximum atomic E-state index is 2.71. The Morgan fingerprint density at radius 2 is 1.22 bits per heavy atom. The molecule has 294 valence electrons. The molecular weight excluding hydrogens is 725 g/mol. The third-order valence-electron chi connectivity index (χ3n) is 15.2. The zero-order valence-electron chi connectivity index (χ0n) is 35.8. The van der Waals surface area contributed by atoms with Gasteiger partial charge < -0.3 is 4.57 Å². The molecule has 11 rings (SSSR count). The van der Waals surface area contributed by atoms with E-state index >= 15 is 0 Å². The van der Waals surface area contributed by atoms with Crippen molar-refractivity contribution in [3.63, 3.8) is 0 Å². The number of fused-ring (bicyclic) bond motifs is 10. The van der Waals surface area contributed by atoms with Gasteiger partial charge in [-0.2, -0.15) is 4.57 Å². The summed E-state index contributed by atoms with van der Waals surface area (Å²) in [6.45, 7) is 14.1. The Hall–Kier alpha value is -6.25. The van der Waals surface area contributed by atoms with Gasteiger partial charge in [0.05, 0.1) is 38.5 Å². The molecule has 2 aromatic heterocycles. The fourth-order valence-electron chi connectivity index (χ4n) is 12.2. The van der Waals surface area contributed by atoms with Gasteiger partial charge in [0.2, 0.25) is 5.69 Å². The number of rotatable bonds is 7. The number of pyridine rings is 1. The summed E-state index contributed by atoms with van der Waals surface area (Å²) in [5.74, 6) is 0. The minimum Gasteiger partial charge on any atom is -0.309 e. The second-order valence-electron chi connectivity index (χ2n) is 18.0. The molecule has 9 aromatic rings. The van der Waals surface area contributed by atoms with Gasteiger partial charge in [0.25, 0.3) is 0 Å². The van der Waals surface area contributed by atoms with E-state index < -0.39 is 5.41 Å². The molecule has 60 heavy (non-hydrogen) atoms. The summed E-state index contributed by atoms with van der Waals surface area (Å²) < 4.78 is 5.27. The van der Waals surface area contributed by atoms with E-state index in [2.05, 4.69) is 215 Å². The minimum atomic E-state index is -0.564. The van der Waals surface area contributed by atoms with Crippen LogP contribution in [-0.4, -0.2) is 4.57 Å². The zero-order valence-corrected chi connectivity index (χ0v) is 35.8. The van der Waals surface area contributed by atoms with Gasteiger partial charge in [-0.1, -0.05) is 147 Å². The molecule has 2 nitrogen and oxygen atoms in total. The fraction of sp³-hybridized carbons (Fsp3) is 0.224. The predicted octanol–water partition coefficient (Wildman–Crippen LogP) is 14.5. The van der Waals surface area contributed by atoms with Crippen molar-refractivity contribution in [1.82, 2.24) is 4.57 Å². The molecule has 0 bridgehead atoms. The molecular formula is C58H53N2+. The van der Waals surface area contributed by atoms with Crippen LogP contribution in [0.25, 0.3) is 60.6 Å². The lowest BCUT2D eigenvalue weighted by Gasteiger charge is -2.48. The fourth-order valence-corrected chi connectivity index (χ4v) is 12.2. The quantitative estimate of drug-likeness (QED) is 0.143. The Kier molecular flexibility index (Phi) is 8.21. The number of para-hydroxylation sites is 2. The van der Waals surface area contributed by atoms with Crippen molar-refractivity contribution in [1.29, 1.82) is 0 Å². The first-order valence-corrected chi connectivity index (χ1v) is 22.2. The molecule has 2 unspecified atom stereocenters. The highest BCUT2D eigenvalue weighted by Crippen LogP contribution is 2.57. The van der Waals surface area contributed by atoms with Gasteiger partial charge in [-0.05, 0) is 114 Å². The van der Waals surface area contributed by atoms with Crippen molar-refractivity contribution in [3.8, 4) is 28.1 Å². The molecule has 0 saturated heterocycles. The van der Waals surface area contributed by atoms with Crippen LogP contribution < -0.4 is 4.57 Å². The third-order valence-corrected chi connectivity index (χ3v) is 15.2. The number of hydrogen-bond acceptors (Lipinski definition) is 0. The van der Waals surface area contributed by atoms with Crippen LogP contribution in [0.1, 0.15) is 92.3 Å². The number of aromatic nitrogens is 2. The Morgan fingerprint density at radius 3 is 1.92 bits per heavy atom. The average molecular weight is 778 g/mol. The average Bonchev–Trinajstić information content (AvgIpc) is 3.63. The molecule has 2 aliphatic rings. The van der Waals surface area contributed by atoms with Gasteiger partial charge in [0.15, 0.2) is 11.7 Å². The van der Waals surface area contributed by atoms with Gasteiger partial charge in [-0.3, -0.25) is 0 Å². The number of benzene rings is 7. The lowest BCUT2D eigenvalue weighted by atomic mass is 9.58. The molecule has 0 fully saturated rings. The molecule has 0 radical (unpaired) electrons.